The van der Waals surface area contributed by atoms with Crippen molar-refractivity contribution in [3.8, 4) is 0 Å². The minimum Gasteiger partial charge on any atom is -0.397 e. The molecule has 1 aromatic carbocycles. The lowest BCUT2D eigenvalue weighted by atomic mass is 10.2. The van der Waals surface area contributed by atoms with Crippen LogP contribution in [0.15, 0.2) is 36.5 Å². The van der Waals surface area contributed by atoms with Crippen molar-refractivity contribution in [1.82, 2.24) is 4.98 Å². The molecule has 0 saturated carbocycles. The van der Waals surface area contributed by atoms with Gasteiger partial charge in [0.25, 0.3) is 5.91 Å². The summed E-state index contributed by atoms with van der Waals surface area (Å²) in [6.07, 6.45) is 1.58. The fourth-order valence-electron chi connectivity index (χ4n) is 1.54. The van der Waals surface area contributed by atoms with Crippen molar-refractivity contribution in [2.75, 3.05) is 11.1 Å². The Bertz CT molecular complexity index is 599. The second-order valence-corrected chi connectivity index (χ2v) is 4.27. The Hall–Kier alpha value is -2.07. The summed E-state index contributed by atoms with van der Waals surface area (Å²) in [5.74, 6) is -0.269. The number of nitrogen functional groups attached to an aromatic ring is 1. The zero-order chi connectivity index (χ0) is 13.1. The third-order valence-electron chi connectivity index (χ3n) is 2.48. The number of amides is 1. The standard InChI is InChI=1S/C13H12ClN3O/c1-8-3-2-6-16-12(8)13(18)17-9-4-5-10(14)11(15)7-9/h2-7H,15H2,1H3,(H,17,18). The lowest BCUT2D eigenvalue weighted by molar-refractivity contribution is 0.102. The van der Waals surface area contributed by atoms with Gasteiger partial charge in [0, 0.05) is 11.9 Å². The molecule has 0 spiro atoms. The number of nitrogens with one attached hydrogen (secondary N) is 1. The first-order chi connectivity index (χ1) is 8.58. The zero-order valence-electron chi connectivity index (χ0n) is 9.77. The molecule has 3 N–H and O–H groups in total. The summed E-state index contributed by atoms with van der Waals surface area (Å²) in [6.45, 7) is 1.83. The average Bonchev–Trinajstić information content (AvgIpc) is 2.34. The van der Waals surface area contributed by atoms with Crippen molar-refractivity contribution in [2.24, 2.45) is 0 Å². The summed E-state index contributed by atoms with van der Waals surface area (Å²) in [5.41, 5.74) is 7.89. The van der Waals surface area contributed by atoms with Crippen LogP contribution in [0.2, 0.25) is 5.02 Å². The predicted molar refractivity (Wildman–Crippen MR) is 72.8 cm³/mol. The monoisotopic (exact) mass is 261 g/mol. The first-order valence-corrected chi connectivity index (χ1v) is 5.73. The Kier molecular flexibility index (Phi) is 3.48. The highest BCUT2D eigenvalue weighted by molar-refractivity contribution is 6.33. The number of aromatic nitrogens is 1. The lowest BCUT2D eigenvalue weighted by Gasteiger charge is -2.07. The maximum absolute atomic E-state index is 12.0. The Balaban J connectivity index is 2.22. The molecule has 0 bridgehead atoms. The van der Waals surface area contributed by atoms with Crippen LogP contribution in [0, 0.1) is 6.92 Å². The van der Waals surface area contributed by atoms with Gasteiger partial charge < -0.3 is 11.1 Å². The highest BCUT2D eigenvalue weighted by Crippen LogP contribution is 2.22. The first kappa shape index (κ1) is 12.4. The minimum absolute atomic E-state index is 0.269. The SMILES string of the molecule is Cc1cccnc1C(=O)Nc1ccc(Cl)c(N)c1. The molecule has 2 aromatic rings. The second-order valence-electron chi connectivity index (χ2n) is 3.86. The topological polar surface area (TPSA) is 68.0 Å². The van der Waals surface area contributed by atoms with E-state index in [0.717, 1.165) is 5.56 Å². The third-order valence-corrected chi connectivity index (χ3v) is 2.82. The van der Waals surface area contributed by atoms with E-state index in [-0.39, 0.29) is 5.91 Å². The zero-order valence-corrected chi connectivity index (χ0v) is 10.5. The van der Waals surface area contributed by atoms with Crippen molar-refractivity contribution in [1.29, 1.82) is 0 Å². The van der Waals surface area contributed by atoms with E-state index in [4.69, 9.17) is 17.3 Å². The van der Waals surface area contributed by atoms with Crippen molar-refractivity contribution >= 4 is 28.9 Å². The average molecular weight is 262 g/mol. The van der Waals surface area contributed by atoms with Crippen LogP contribution in [0.5, 0.6) is 0 Å². The van der Waals surface area contributed by atoms with Gasteiger partial charge in [0.15, 0.2) is 0 Å². The van der Waals surface area contributed by atoms with Crippen LogP contribution in [0.3, 0.4) is 0 Å². The molecule has 0 atom stereocenters. The summed E-state index contributed by atoms with van der Waals surface area (Å²) >= 11 is 5.81. The van der Waals surface area contributed by atoms with Gasteiger partial charge in [-0.15, -0.1) is 0 Å². The van der Waals surface area contributed by atoms with Gasteiger partial charge in [-0.2, -0.15) is 0 Å². The van der Waals surface area contributed by atoms with Crippen LogP contribution in [-0.4, -0.2) is 10.9 Å². The van der Waals surface area contributed by atoms with Gasteiger partial charge in [-0.1, -0.05) is 17.7 Å². The van der Waals surface area contributed by atoms with Crippen LogP contribution >= 0.6 is 11.6 Å². The van der Waals surface area contributed by atoms with Gasteiger partial charge in [-0.05, 0) is 36.8 Å². The number of rotatable bonds is 2. The van der Waals surface area contributed by atoms with Gasteiger partial charge in [0.05, 0.1) is 10.7 Å². The minimum atomic E-state index is -0.269. The molecular weight excluding hydrogens is 250 g/mol. The molecule has 0 aliphatic carbocycles. The number of aryl methyl sites for hydroxylation is 1. The van der Waals surface area contributed by atoms with E-state index in [9.17, 15) is 4.79 Å². The van der Waals surface area contributed by atoms with Crippen LogP contribution < -0.4 is 11.1 Å². The number of hydrogen-bond donors (Lipinski definition) is 2. The fourth-order valence-corrected chi connectivity index (χ4v) is 1.65. The summed E-state index contributed by atoms with van der Waals surface area (Å²) in [7, 11) is 0. The first-order valence-electron chi connectivity index (χ1n) is 5.36. The highest BCUT2D eigenvalue weighted by atomic mass is 35.5. The molecule has 0 saturated heterocycles. The second kappa shape index (κ2) is 5.06. The normalized spacial score (nSPS) is 10.1. The number of carbonyl (C=O) groups is 1. The van der Waals surface area contributed by atoms with Crippen molar-refractivity contribution in [2.45, 2.75) is 6.92 Å². The van der Waals surface area contributed by atoms with Crippen LogP contribution in [0.4, 0.5) is 11.4 Å². The number of benzene rings is 1. The van der Waals surface area contributed by atoms with Gasteiger partial charge in [-0.25, -0.2) is 0 Å². The molecule has 0 aliphatic rings. The Labute approximate surface area is 110 Å². The smallest absolute Gasteiger partial charge is 0.274 e. The van der Waals surface area contributed by atoms with E-state index < -0.39 is 0 Å². The summed E-state index contributed by atoms with van der Waals surface area (Å²) in [6, 6.07) is 8.55. The van der Waals surface area contributed by atoms with Gasteiger partial charge >= 0.3 is 0 Å². The maximum Gasteiger partial charge on any atom is 0.274 e. The quantitative estimate of drug-likeness (QED) is 0.817. The molecule has 0 unspecified atom stereocenters. The van der Waals surface area contributed by atoms with Crippen LogP contribution in [0.25, 0.3) is 0 Å². The molecular formula is C13H12ClN3O. The van der Waals surface area contributed by atoms with Gasteiger partial charge in [0.2, 0.25) is 0 Å². The van der Waals surface area contributed by atoms with Gasteiger partial charge in [-0.3, -0.25) is 9.78 Å². The van der Waals surface area contributed by atoms with E-state index in [0.29, 0.717) is 22.1 Å². The molecule has 0 radical (unpaired) electrons. The number of pyridine rings is 1. The largest absolute Gasteiger partial charge is 0.397 e. The molecule has 18 heavy (non-hydrogen) atoms. The summed E-state index contributed by atoms with van der Waals surface area (Å²) in [5, 5.41) is 3.19. The van der Waals surface area contributed by atoms with Gasteiger partial charge in [0.1, 0.15) is 5.69 Å². The van der Waals surface area contributed by atoms with Crippen molar-refractivity contribution in [3.63, 3.8) is 0 Å². The number of nitrogens with zero attached hydrogens (tertiary/aromatic N) is 1. The number of halogens is 1. The highest BCUT2D eigenvalue weighted by Gasteiger charge is 2.10. The third kappa shape index (κ3) is 2.60. The Morgan fingerprint density at radius 3 is 2.83 bits per heavy atom. The fraction of sp³-hybridized carbons (Fsp3) is 0.0769. The van der Waals surface area contributed by atoms with Crippen molar-refractivity contribution in [3.05, 3.63) is 52.8 Å². The Morgan fingerprint density at radius 2 is 2.17 bits per heavy atom. The predicted octanol–water partition coefficient (Wildman–Crippen LogP) is 2.88. The number of anilines is 2. The number of hydrogen-bond acceptors (Lipinski definition) is 3. The Morgan fingerprint density at radius 1 is 1.39 bits per heavy atom. The molecule has 0 fully saturated rings. The van der Waals surface area contributed by atoms with E-state index in [2.05, 4.69) is 10.3 Å². The van der Waals surface area contributed by atoms with E-state index in [1.165, 1.54) is 0 Å². The molecule has 2 rings (SSSR count). The molecule has 1 heterocycles. The molecule has 1 aromatic heterocycles. The molecule has 1 amide bonds. The van der Waals surface area contributed by atoms with E-state index in [1.807, 2.05) is 13.0 Å². The summed E-state index contributed by atoms with van der Waals surface area (Å²) in [4.78, 5) is 16.0. The maximum atomic E-state index is 12.0. The number of nitrogens with two attached hydrogens (primary N) is 1. The van der Waals surface area contributed by atoms with E-state index >= 15 is 0 Å². The van der Waals surface area contributed by atoms with Crippen molar-refractivity contribution < 1.29 is 4.79 Å². The lowest BCUT2D eigenvalue weighted by Crippen LogP contribution is -2.15. The van der Waals surface area contributed by atoms with Crippen LogP contribution in [0.1, 0.15) is 16.1 Å². The summed E-state index contributed by atoms with van der Waals surface area (Å²) < 4.78 is 0. The molecule has 5 heteroatoms. The van der Waals surface area contributed by atoms with Crippen LogP contribution in [-0.2, 0) is 0 Å². The number of carbonyl (C=O) groups excluding carboxylic acids is 1. The molecule has 4 nitrogen and oxygen atoms in total. The molecule has 0 aliphatic heterocycles. The van der Waals surface area contributed by atoms with E-state index in [1.54, 1.807) is 30.5 Å². The molecule has 92 valence electrons.